The molecule has 1 amide bonds. The van der Waals surface area contributed by atoms with Crippen molar-refractivity contribution >= 4 is 23.4 Å². The van der Waals surface area contributed by atoms with E-state index >= 15 is 0 Å². The fourth-order valence-corrected chi connectivity index (χ4v) is 3.87. The normalized spacial score (nSPS) is 26.1. The molecule has 4 heteroatoms. The molecule has 1 fully saturated rings. The molecule has 0 aromatic heterocycles. The number of aryl methyl sites for hydroxylation is 2. The summed E-state index contributed by atoms with van der Waals surface area (Å²) in [5.74, 6) is 1.10. The van der Waals surface area contributed by atoms with E-state index in [0.29, 0.717) is 12.2 Å². The average Bonchev–Trinajstić information content (AvgIpc) is 2.98. The molecule has 0 spiro atoms. The van der Waals surface area contributed by atoms with E-state index < -0.39 is 5.60 Å². The lowest BCUT2D eigenvalue weighted by Crippen LogP contribution is -2.42. The lowest BCUT2D eigenvalue weighted by Gasteiger charge is -2.20. The second-order valence-corrected chi connectivity index (χ2v) is 6.23. The Balaban J connectivity index is 1.74. The zero-order valence-electron chi connectivity index (χ0n) is 10.2. The first-order valence-corrected chi connectivity index (χ1v) is 7.56. The predicted molar refractivity (Wildman–Crippen MR) is 74.0 cm³/mol. The van der Waals surface area contributed by atoms with Gasteiger partial charge in [-0.05, 0) is 54.7 Å². The second-order valence-electron chi connectivity index (χ2n) is 5.13. The Kier molecular flexibility index (Phi) is 3.08. The van der Waals surface area contributed by atoms with E-state index in [-0.39, 0.29) is 5.91 Å². The molecule has 1 aromatic rings. The Bertz CT molecular complexity index is 481. The molecule has 0 saturated carbocycles. The average molecular weight is 263 g/mol. The molecule has 0 bridgehead atoms. The summed E-state index contributed by atoms with van der Waals surface area (Å²) in [6, 6.07) is 6.07. The lowest BCUT2D eigenvalue weighted by molar-refractivity contribution is -0.131. The number of rotatable bonds is 2. The van der Waals surface area contributed by atoms with Gasteiger partial charge in [0.1, 0.15) is 0 Å². The number of carbonyl (C=O) groups is 1. The fourth-order valence-electron chi connectivity index (χ4n) is 2.63. The number of benzene rings is 1. The molecule has 1 aromatic carbocycles. The summed E-state index contributed by atoms with van der Waals surface area (Å²) in [5.41, 5.74) is 2.36. The number of anilines is 1. The molecule has 1 aliphatic carbocycles. The molecule has 3 nitrogen and oxygen atoms in total. The van der Waals surface area contributed by atoms with E-state index in [0.717, 1.165) is 24.3 Å². The third-order valence-electron chi connectivity index (χ3n) is 3.78. The third-order valence-corrected chi connectivity index (χ3v) is 4.95. The first-order valence-electron chi connectivity index (χ1n) is 6.41. The number of nitrogens with one attached hydrogen (secondary N) is 1. The zero-order chi connectivity index (χ0) is 12.6. The molecule has 2 N–H and O–H groups in total. The van der Waals surface area contributed by atoms with Gasteiger partial charge in [-0.15, -0.1) is 0 Å². The number of carbonyl (C=O) groups excluding carboxylic acids is 1. The molecule has 96 valence electrons. The van der Waals surface area contributed by atoms with Crippen molar-refractivity contribution in [1.29, 1.82) is 0 Å². The van der Waals surface area contributed by atoms with E-state index in [9.17, 15) is 9.90 Å². The van der Waals surface area contributed by atoms with Crippen LogP contribution in [-0.2, 0) is 17.6 Å². The van der Waals surface area contributed by atoms with Gasteiger partial charge >= 0.3 is 0 Å². The second kappa shape index (κ2) is 4.59. The van der Waals surface area contributed by atoms with Crippen LogP contribution in [0.25, 0.3) is 0 Å². The van der Waals surface area contributed by atoms with Crippen molar-refractivity contribution in [2.24, 2.45) is 0 Å². The van der Waals surface area contributed by atoms with Crippen LogP contribution >= 0.6 is 11.8 Å². The molecule has 0 radical (unpaired) electrons. The van der Waals surface area contributed by atoms with Gasteiger partial charge in [0.2, 0.25) is 0 Å². The first-order chi connectivity index (χ1) is 8.67. The van der Waals surface area contributed by atoms with Crippen molar-refractivity contribution in [2.75, 3.05) is 16.8 Å². The van der Waals surface area contributed by atoms with Gasteiger partial charge in [-0.3, -0.25) is 4.79 Å². The summed E-state index contributed by atoms with van der Waals surface area (Å²) < 4.78 is 0. The van der Waals surface area contributed by atoms with Gasteiger partial charge in [-0.1, -0.05) is 6.07 Å². The SMILES string of the molecule is O=C(Nc1ccc2c(c1)CCC2)C1(O)CCSC1. The highest BCUT2D eigenvalue weighted by Crippen LogP contribution is 2.30. The number of aliphatic hydroxyl groups is 1. The first kappa shape index (κ1) is 12.1. The van der Waals surface area contributed by atoms with E-state index in [1.165, 1.54) is 17.5 Å². The fraction of sp³-hybridized carbons (Fsp3) is 0.500. The highest BCUT2D eigenvalue weighted by atomic mass is 32.2. The minimum absolute atomic E-state index is 0.259. The standard InChI is InChI=1S/C14H17NO2S/c16-13(14(17)6-7-18-9-14)15-12-5-4-10-2-1-3-11(10)8-12/h4-5,8,17H,1-3,6-7,9H2,(H,15,16). The molecule has 18 heavy (non-hydrogen) atoms. The Hall–Kier alpha value is -1.00. The maximum absolute atomic E-state index is 12.1. The molecule has 1 aliphatic heterocycles. The van der Waals surface area contributed by atoms with Crippen molar-refractivity contribution in [2.45, 2.75) is 31.3 Å². The summed E-state index contributed by atoms with van der Waals surface area (Å²) >= 11 is 1.63. The van der Waals surface area contributed by atoms with Crippen LogP contribution in [0.1, 0.15) is 24.0 Å². The van der Waals surface area contributed by atoms with E-state index in [2.05, 4.69) is 11.4 Å². The molecular formula is C14H17NO2S. The van der Waals surface area contributed by atoms with Crippen molar-refractivity contribution in [3.63, 3.8) is 0 Å². The van der Waals surface area contributed by atoms with Crippen LogP contribution in [-0.4, -0.2) is 28.1 Å². The highest BCUT2D eigenvalue weighted by Gasteiger charge is 2.39. The van der Waals surface area contributed by atoms with E-state index in [4.69, 9.17) is 0 Å². The zero-order valence-corrected chi connectivity index (χ0v) is 11.1. The van der Waals surface area contributed by atoms with Gasteiger partial charge in [-0.25, -0.2) is 0 Å². The molecule has 1 heterocycles. The number of fused-ring (bicyclic) bond motifs is 1. The van der Waals surface area contributed by atoms with Crippen molar-refractivity contribution in [1.82, 2.24) is 0 Å². The van der Waals surface area contributed by atoms with Gasteiger partial charge in [0.25, 0.3) is 5.91 Å². The Labute approximate surface area is 111 Å². The number of thioether (sulfide) groups is 1. The third kappa shape index (κ3) is 2.15. The van der Waals surface area contributed by atoms with Gasteiger partial charge < -0.3 is 10.4 Å². The lowest BCUT2D eigenvalue weighted by atomic mass is 10.0. The topological polar surface area (TPSA) is 49.3 Å². The quantitative estimate of drug-likeness (QED) is 0.858. The molecular weight excluding hydrogens is 246 g/mol. The Morgan fingerprint density at radius 1 is 1.33 bits per heavy atom. The summed E-state index contributed by atoms with van der Waals surface area (Å²) in [6.07, 6.45) is 3.99. The number of amides is 1. The predicted octanol–water partition coefficient (Wildman–Crippen LogP) is 1.98. The largest absolute Gasteiger partial charge is 0.379 e. The summed E-state index contributed by atoms with van der Waals surface area (Å²) in [6.45, 7) is 0. The summed E-state index contributed by atoms with van der Waals surface area (Å²) in [7, 11) is 0. The summed E-state index contributed by atoms with van der Waals surface area (Å²) in [4.78, 5) is 12.1. The van der Waals surface area contributed by atoms with Crippen molar-refractivity contribution in [3.05, 3.63) is 29.3 Å². The van der Waals surface area contributed by atoms with Gasteiger partial charge in [-0.2, -0.15) is 11.8 Å². The highest BCUT2D eigenvalue weighted by molar-refractivity contribution is 7.99. The van der Waals surface area contributed by atoms with E-state index in [1.54, 1.807) is 11.8 Å². The van der Waals surface area contributed by atoms with Crippen LogP contribution in [0.4, 0.5) is 5.69 Å². The maximum atomic E-state index is 12.1. The molecule has 2 aliphatic rings. The number of hydrogen-bond acceptors (Lipinski definition) is 3. The van der Waals surface area contributed by atoms with Gasteiger partial charge in [0, 0.05) is 11.4 Å². The maximum Gasteiger partial charge on any atom is 0.257 e. The smallest absolute Gasteiger partial charge is 0.257 e. The number of hydrogen-bond donors (Lipinski definition) is 2. The Morgan fingerprint density at radius 3 is 2.94 bits per heavy atom. The minimum Gasteiger partial charge on any atom is -0.379 e. The Morgan fingerprint density at radius 2 is 2.17 bits per heavy atom. The van der Waals surface area contributed by atoms with Gasteiger partial charge in [0.15, 0.2) is 5.60 Å². The van der Waals surface area contributed by atoms with Gasteiger partial charge in [0.05, 0.1) is 0 Å². The molecule has 3 rings (SSSR count). The van der Waals surface area contributed by atoms with Crippen LogP contribution in [0.2, 0.25) is 0 Å². The van der Waals surface area contributed by atoms with Crippen LogP contribution in [0.15, 0.2) is 18.2 Å². The monoisotopic (exact) mass is 263 g/mol. The van der Waals surface area contributed by atoms with Crippen LogP contribution in [0, 0.1) is 0 Å². The summed E-state index contributed by atoms with van der Waals surface area (Å²) in [5, 5.41) is 13.0. The molecule has 1 saturated heterocycles. The van der Waals surface area contributed by atoms with Crippen molar-refractivity contribution < 1.29 is 9.90 Å². The minimum atomic E-state index is -1.18. The van der Waals surface area contributed by atoms with Crippen LogP contribution < -0.4 is 5.32 Å². The molecule has 1 atom stereocenters. The molecule has 1 unspecified atom stereocenters. The van der Waals surface area contributed by atoms with Crippen LogP contribution in [0.3, 0.4) is 0 Å². The van der Waals surface area contributed by atoms with Crippen molar-refractivity contribution in [3.8, 4) is 0 Å². The van der Waals surface area contributed by atoms with Crippen LogP contribution in [0.5, 0.6) is 0 Å². The van der Waals surface area contributed by atoms with E-state index in [1.807, 2.05) is 12.1 Å².